The van der Waals surface area contributed by atoms with Crippen LogP contribution in [0.2, 0.25) is 0 Å². The smallest absolute Gasteiger partial charge is 0.0991 e. The van der Waals surface area contributed by atoms with Crippen molar-refractivity contribution in [3.05, 3.63) is 70.8 Å². The van der Waals surface area contributed by atoms with Gasteiger partial charge in [-0.1, -0.05) is 42.0 Å². The summed E-state index contributed by atoms with van der Waals surface area (Å²) in [6.07, 6.45) is 0. The van der Waals surface area contributed by atoms with E-state index in [2.05, 4.69) is 62.5 Å². The van der Waals surface area contributed by atoms with Gasteiger partial charge < -0.3 is 5.32 Å². The molecule has 0 spiro atoms. The largest absolute Gasteiger partial charge is 0.304 e. The van der Waals surface area contributed by atoms with Gasteiger partial charge in [-0.05, 0) is 44.0 Å². The molecule has 0 amide bonds. The predicted octanol–water partition coefficient (Wildman–Crippen LogP) is 4.28. The molecule has 2 heteroatoms. The molecule has 1 N–H and O–H groups in total. The van der Waals surface area contributed by atoms with Gasteiger partial charge in [0.1, 0.15) is 0 Å². The van der Waals surface area contributed by atoms with E-state index < -0.39 is 0 Å². The first-order valence-corrected chi connectivity index (χ1v) is 6.93. The van der Waals surface area contributed by atoms with Gasteiger partial charge in [-0.15, -0.1) is 0 Å². The summed E-state index contributed by atoms with van der Waals surface area (Å²) in [7, 11) is 0. The Morgan fingerprint density at radius 2 is 1.55 bits per heavy atom. The van der Waals surface area contributed by atoms with Gasteiger partial charge in [-0.25, -0.2) is 0 Å². The minimum Gasteiger partial charge on any atom is -0.304 e. The van der Waals surface area contributed by atoms with Gasteiger partial charge in [0.15, 0.2) is 0 Å². The zero-order chi connectivity index (χ0) is 14.5. The predicted molar refractivity (Wildman–Crippen MR) is 82.3 cm³/mol. The summed E-state index contributed by atoms with van der Waals surface area (Å²) >= 11 is 0. The van der Waals surface area contributed by atoms with Crippen LogP contribution in [0, 0.1) is 18.3 Å². The van der Waals surface area contributed by atoms with Gasteiger partial charge in [0, 0.05) is 12.1 Å². The molecule has 1 unspecified atom stereocenters. The van der Waals surface area contributed by atoms with Crippen LogP contribution in [0.15, 0.2) is 48.5 Å². The van der Waals surface area contributed by atoms with Crippen molar-refractivity contribution in [3.63, 3.8) is 0 Å². The first-order valence-electron chi connectivity index (χ1n) is 6.93. The second-order valence-electron chi connectivity index (χ2n) is 5.26. The molecule has 0 radical (unpaired) electrons. The maximum atomic E-state index is 8.96. The Labute approximate surface area is 121 Å². The van der Waals surface area contributed by atoms with Crippen LogP contribution in [0.4, 0.5) is 0 Å². The molecule has 2 atom stereocenters. The Kier molecular flexibility index (Phi) is 4.55. The van der Waals surface area contributed by atoms with Crippen LogP contribution in [-0.2, 0) is 0 Å². The van der Waals surface area contributed by atoms with Gasteiger partial charge in [0.2, 0.25) is 0 Å². The number of hydrogen-bond donors (Lipinski definition) is 1. The Morgan fingerprint density at radius 1 is 0.950 bits per heavy atom. The second kappa shape index (κ2) is 6.36. The standard InChI is InChI=1S/C18H20N2/c1-13-6-4-8-17(10-13)14(2)20-15(3)18-9-5-7-16(11-18)12-19/h4-11,14-15,20H,1-3H3/t14-,15?/m1/s1. The molecular weight excluding hydrogens is 244 g/mol. The summed E-state index contributed by atoms with van der Waals surface area (Å²) in [4.78, 5) is 0. The molecule has 2 aromatic rings. The number of nitrogens with zero attached hydrogens (tertiary/aromatic N) is 1. The van der Waals surface area contributed by atoms with Gasteiger partial charge in [0.05, 0.1) is 11.6 Å². The molecule has 102 valence electrons. The van der Waals surface area contributed by atoms with Crippen molar-refractivity contribution in [3.8, 4) is 6.07 Å². The Bertz CT molecular complexity index is 625. The van der Waals surface area contributed by atoms with E-state index >= 15 is 0 Å². The van der Waals surface area contributed by atoms with Crippen LogP contribution >= 0.6 is 0 Å². The van der Waals surface area contributed by atoms with E-state index in [-0.39, 0.29) is 12.1 Å². The summed E-state index contributed by atoms with van der Waals surface area (Å²) in [5, 5.41) is 12.5. The van der Waals surface area contributed by atoms with E-state index in [4.69, 9.17) is 5.26 Å². The number of rotatable bonds is 4. The SMILES string of the molecule is Cc1cccc([C@@H](C)NC(C)c2cccc(C#N)c2)c1. The Hall–Kier alpha value is -2.11. The lowest BCUT2D eigenvalue weighted by Crippen LogP contribution is -2.22. The van der Waals surface area contributed by atoms with Crippen molar-refractivity contribution >= 4 is 0 Å². The van der Waals surface area contributed by atoms with Crippen molar-refractivity contribution in [2.75, 3.05) is 0 Å². The number of benzene rings is 2. The van der Waals surface area contributed by atoms with Gasteiger partial charge in [0.25, 0.3) is 0 Å². The van der Waals surface area contributed by atoms with Gasteiger partial charge in [-0.2, -0.15) is 5.26 Å². The van der Waals surface area contributed by atoms with Crippen LogP contribution in [-0.4, -0.2) is 0 Å². The van der Waals surface area contributed by atoms with E-state index in [1.807, 2.05) is 18.2 Å². The van der Waals surface area contributed by atoms with E-state index in [0.29, 0.717) is 5.56 Å². The van der Waals surface area contributed by atoms with Crippen molar-refractivity contribution in [2.24, 2.45) is 0 Å². The highest BCUT2D eigenvalue weighted by Gasteiger charge is 2.11. The molecule has 2 aromatic carbocycles. The molecular formula is C18H20N2. The Balaban J connectivity index is 2.11. The monoisotopic (exact) mass is 264 g/mol. The van der Waals surface area contributed by atoms with Crippen LogP contribution in [0.5, 0.6) is 0 Å². The van der Waals surface area contributed by atoms with E-state index in [0.717, 1.165) is 5.56 Å². The molecule has 20 heavy (non-hydrogen) atoms. The molecule has 0 aliphatic carbocycles. The molecule has 0 fully saturated rings. The third-order valence-electron chi connectivity index (χ3n) is 3.56. The topological polar surface area (TPSA) is 35.8 Å². The number of aryl methyl sites for hydroxylation is 1. The lowest BCUT2D eigenvalue weighted by Gasteiger charge is -2.21. The Morgan fingerprint density at radius 3 is 2.15 bits per heavy atom. The third-order valence-corrected chi connectivity index (χ3v) is 3.56. The van der Waals surface area contributed by atoms with Crippen molar-refractivity contribution < 1.29 is 0 Å². The summed E-state index contributed by atoms with van der Waals surface area (Å²) in [6, 6.07) is 19.0. The highest BCUT2D eigenvalue weighted by molar-refractivity contribution is 5.34. The van der Waals surface area contributed by atoms with Crippen LogP contribution in [0.25, 0.3) is 0 Å². The third kappa shape index (κ3) is 3.46. The molecule has 2 rings (SSSR count). The highest BCUT2D eigenvalue weighted by Crippen LogP contribution is 2.20. The summed E-state index contributed by atoms with van der Waals surface area (Å²) in [6.45, 7) is 6.40. The van der Waals surface area contributed by atoms with Crippen molar-refractivity contribution in [1.29, 1.82) is 5.26 Å². The maximum absolute atomic E-state index is 8.96. The summed E-state index contributed by atoms with van der Waals surface area (Å²) in [5.74, 6) is 0. The minimum atomic E-state index is 0.207. The fraction of sp³-hybridized carbons (Fsp3) is 0.278. The van der Waals surface area contributed by atoms with E-state index in [9.17, 15) is 0 Å². The highest BCUT2D eigenvalue weighted by atomic mass is 14.9. The number of nitrogens with one attached hydrogen (secondary N) is 1. The molecule has 0 heterocycles. The van der Waals surface area contributed by atoms with E-state index in [1.54, 1.807) is 0 Å². The number of nitriles is 1. The van der Waals surface area contributed by atoms with E-state index in [1.165, 1.54) is 11.1 Å². The first kappa shape index (κ1) is 14.3. The fourth-order valence-corrected chi connectivity index (χ4v) is 2.38. The average molecular weight is 264 g/mol. The lowest BCUT2D eigenvalue weighted by atomic mass is 10.0. The number of hydrogen-bond acceptors (Lipinski definition) is 2. The van der Waals surface area contributed by atoms with Crippen LogP contribution in [0.3, 0.4) is 0 Å². The van der Waals surface area contributed by atoms with Crippen molar-refractivity contribution in [2.45, 2.75) is 32.9 Å². The lowest BCUT2D eigenvalue weighted by molar-refractivity contribution is 0.494. The minimum absolute atomic E-state index is 0.207. The van der Waals surface area contributed by atoms with Crippen LogP contribution in [0.1, 0.15) is 48.2 Å². The van der Waals surface area contributed by atoms with Crippen molar-refractivity contribution in [1.82, 2.24) is 5.32 Å². The second-order valence-corrected chi connectivity index (χ2v) is 5.26. The first-order chi connectivity index (χ1) is 9.60. The normalized spacial score (nSPS) is 13.5. The molecule has 0 aromatic heterocycles. The average Bonchev–Trinajstić information content (AvgIpc) is 2.47. The summed E-state index contributed by atoms with van der Waals surface area (Å²) in [5.41, 5.74) is 4.41. The molecule has 0 bridgehead atoms. The van der Waals surface area contributed by atoms with Gasteiger partial charge >= 0.3 is 0 Å². The fourth-order valence-electron chi connectivity index (χ4n) is 2.38. The van der Waals surface area contributed by atoms with Gasteiger partial charge in [-0.3, -0.25) is 0 Å². The van der Waals surface area contributed by atoms with Crippen LogP contribution < -0.4 is 5.32 Å². The summed E-state index contributed by atoms with van der Waals surface area (Å²) < 4.78 is 0. The zero-order valence-electron chi connectivity index (χ0n) is 12.2. The molecule has 0 saturated carbocycles. The molecule has 0 aliphatic heterocycles. The molecule has 0 aliphatic rings. The maximum Gasteiger partial charge on any atom is 0.0991 e. The quantitative estimate of drug-likeness (QED) is 0.894. The molecule has 0 saturated heterocycles. The molecule has 2 nitrogen and oxygen atoms in total. The zero-order valence-corrected chi connectivity index (χ0v) is 12.2.